The maximum absolute atomic E-state index is 13.2. The lowest BCUT2D eigenvalue weighted by molar-refractivity contribution is 0.211. The number of aromatic nitrogens is 2. The van der Waals surface area contributed by atoms with Crippen LogP contribution in [0, 0.1) is 11.8 Å². The van der Waals surface area contributed by atoms with E-state index in [1.54, 1.807) is 6.07 Å². The van der Waals surface area contributed by atoms with Gasteiger partial charge in [-0.3, -0.25) is 4.90 Å². The molecule has 1 aliphatic heterocycles. The Morgan fingerprint density at radius 1 is 0.681 bits per heavy atom. The Bertz CT molecular complexity index is 1900. The van der Waals surface area contributed by atoms with Gasteiger partial charge in [0.25, 0.3) is 0 Å². The molecule has 8 nitrogen and oxygen atoms in total. The molecule has 2 aliphatic rings. The number of nitrogens with zero attached hydrogens (tertiary/aromatic N) is 3. The number of nitrogens with one attached hydrogen (secondary N) is 3. The quantitative estimate of drug-likeness (QED) is 0.141. The number of anilines is 2. The van der Waals surface area contributed by atoms with Crippen molar-refractivity contribution >= 4 is 43.5 Å². The van der Waals surface area contributed by atoms with Crippen molar-refractivity contribution in [3.63, 3.8) is 0 Å². The highest BCUT2D eigenvalue weighted by atomic mass is 32.2. The molecule has 1 aromatic heterocycles. The molecule has 0 spiro atoms. The summed E-state index contributed by atoms with van der Waals surface area (Å²) in [6, 6.07) is 32.4. The van der Waals surface area contributed by atoms with E-state index >= 15 is 0 Å². The van der Waals surface area contributed by atoms with Crippen LogP contribution in [0.4, 0.5) is 11.8 Å². The smallest absolute Gasteiger partial charge is 0.241 e. The maximum Gasteiger partial charge on any atom is 0.241 e. The van der Waals surface area contributed by atoms with E-state index in [1.807, 2.05) is 48.5 Å². The van der Waals surface area contributed by atoms with Gasteiger partial charge in [0.2, 0.25) is 16.0 Å². The van der Waals surface area contributed by atoms with Crippen LogP contribution in [-0.2, 0) is 16.6 Å². The Hall–Kier alpha value is -4.05. The molecule has 7 rings (SSSR count). The van der Waals surface area contributed by atoms with Gasteiger partial charge in [-0.15, -0.1) is 0 Å². The lowest BCUT2D eigenvalue weighted by Gasteiger charge is -2.33. The van der Waals surface area contributed by atoms with Crippen LogP contribution in [0.5, 0.6) is 0 Å². The molecule has 1 aliphatic carbocycles. The molecule has 0 bridgehead atoms. The summed E-state index contributed by atoms with van der Waals surface area (Å²) in [6.45, 7) is 4.41. The average molecular weight is 649 g/mol. The van der Waals surface area contributed by atoms with E-state index in [1.165, 1.54) is 5.56 Å². The van der Waals surface area contributed by atoms with Crippen LogP contribution in [0.3, 0.4) is 0 Å². The molecule has 5 aromatic rings. The fourth-order valence-corrected chi connectivity index (χ4v) is 8.49. The van der Waals surface area contributed by atoms with E-state index in [9.17, 15) is 8.42 Å². The summed E-state index contributed by atoms with van der Waals surface area (Å²) >= 11 is 0. The van der Waals surface area contributed by atoms with Gasteiger partial charge in [0.1, 0.15) is 5.82 Å². The molecule has 2 fully saturated rings. The number of benzene rings is 4. The van der Waals surface area contributed by atoms with Gasteiger partial charge in [-0.05, 0) is 79.5 Å². The predicted molar refractivity (Wildman–Crippen MR) is 191 cm³/mol. The minimum Gasteiger partial charge on any atom is -0.367 e. The summed E-state index contributed by atoms with van der Waals surface area (Å²) in [7, 11) is -3.58. The normalized spacial score (nSPS) is 19.6. The summed E-state index contributed by atoms with van der Waals surface area (Å²) < 4.78 is 29.3. The lowest BCUT2D eigenvalue weighted by Crippen LogP contribution is -2.38. The van der Waals surface area contributed by atoms with E-state index < -0.39 is 10.0 Å². The molecule has 0 amide bonds. The van der Waals surface area contributed by atoms with Gasteiger partial charge in [-0.2, -0.15) is 4.98 Å². The highest BCUT2D eigenvalue weighted by molar-refractivity contribution is 7.89. The number of piperidine rings is 1. The van der Waals surface area contributed by atoms with Crippen LogP contribution in [0.2, 0.25) is 0 Å². The number of hydrogen-bond donors (Lipinski definition) is 3. The van der Waals surface area contributed by atoms with Gasteiger partial charge >= 0.3 is 0 Å². The van der Waals surface area contributed by atoms with E-state index in [4.69, 9.17) is 9.97 Å². The molecule has 4 aromatic carbocycles. The first-order valence-corrected chi connectivity index (χ1v) is 18.5. The SMILES string of the molecule is O=S(=O)(NCC1CCC(CNc2nc(NC3CCN(Cc4ccccc4)CC3)c3ccccc3n2)CC1)c1cccc2ccccc12. The monoisotopic (exact) mass is 648 g/mol. The van der Waals surface area contributed by atoms with Crippen LogP contribution in [-0.4, -0.2) is 55.5 Å². The molecule has 0 radical (unpaired) electrons. The summed E-state index contributed by atoms with van der Waals surface area (Å²) in [4.78, 5) is 12.7. The molecule has 2 heterocycles. The van der Waals surface area contributed by atoms with Gasteiger partial charge in [0.15, 0.2) is 0 Å². The highest BCUT2D eigenvalue weighted by Gasteiger charge is 2.25. The van der Waals surface area contributed by atoms with E-state index in [0.717, 1.165) is 92.2 Å². The Kier molecular flexibility index (Phi) is 9.65. The van der Waals surface area contributed by atoms with E-state index in [0.29, 0.717) is 35.3 Å². The second kappa shape index (κ2) is 14.4. The number of hydrogen-bond acceptors (Lipinski definition) is 7. The zero-order valence-electron chi connectivity index (χ0n) is 26.8. The number of rotatable bonds is 11. The highest BCUT2D eigenvalue weighted by Crippen LogP contribution is 2.30. The zero-order chi connectivity index (χ0) is 32.1. The first kappa shape index (κ1) is 31.5. The van der Waals surface area contributed by atoms with Gasteiger partial charge < -0.3 is 10.6 Å². The fourth-order valence-electron chi connectivity index (χ4n) is 7.15. The van der Waals surface area contributed by atoms with Crippen molar-refractivity contribution < 1.29 is 8.42 Å². The van der Waals surface area contributed by atoms with Gasteiger partial charge in [-0.25, -0.2) is 18.1 Å². The van der Waals surface area contributed by atoms with Crippen LogP contribution in [0.25, 0.3) is 21.7 Å². The third-order valence-corrected chi connectivity index (χ3v) is 11.4. The predicted octanol–water partition coefficient (Wildman–Crippen LogP) is 7.06. The van der Waals surface area contributed by atoms with Crippen molar-refractivity contribution in [2.24, 2.45) is 11.8 Å². The third kappa shape index (κ3) is 7.75. The number of fused-ring (bicyclic) bond motifs is 2. The number of sulfonamides is 1. The zero-order valence-corrected chi connectivity index (χ0v) is 27.6. The molecule has 1 saturated heterocycles. The summed E-state index contributed by atoms with van der Waals surface area (Å²) in [5.74, 6) is 2.41. The molecule has 0 atom stereocenters. The Balaban J connectivity index is 0.911. The van der Waals surface area contributed by atoms with Crippen molar-refractivity contribution in [3.8, 4) is 0 Å². The van der Waals surface area contributed by atoms with E-state index in [-0.39, 0.29) is 0 Å². The van der Waals surface area contributed by atoms with Crippen molar-refractivity contribution in [3.05, 3.63) is 103 Å². The van der Waals surface area contributed by atoms with Crippen LogP contribution in [0.15, 0.2) is 102 Å². The van der Waals surface area contributed by atoms with Crippen LogP contribution in [0.1, 0.15) is 44.1 Å². The number of likely N-dealkylation sites (tertiary alicyclic amines) is 1. The Morgan fingerprint density at radius 3 is 2.13 bits per heavy atom. The van der Waals surface area contributed by atoms with Crippen molar-refractivity contribution in [2.75, 3.05) is 36.8 Å². The molecule has 1 saturated carbocycles. The molecule has 244 valence electrons. The fraction of sp³-hybridized carbons (Fsp3) is 0.368. The standard InChI is InChI=1S/C38H44N6O2S/c45-47(46,36-16-8-12-31-11-4-5-13-33(31)36)40-26-29-19-17-28(18-20-29)25-39-38-42-35-15-7-6-14-34(35)37(43-38)41-32-21-23-44(24-22-32)27-30-9-2-1-3-10-30/h1-16,28-29,32,40H,17-27H2,(H2,39,41,42,43). The summed E-state index contributed by atoms with van der Waals surface area (Å²) in [5, 5.41) is 10.1. The van der Waals surface area contributed by atoms with Crippen molar-refractivity contribution in [1.82, 2.24) is 19.6 Å². The van der Waals surface area contributed by atoms with Crippen LogP contribution < -0.4 is 15.4 Å². The first-order chi connectivity index (χ1) is 23.0. The second-order valence-corrected chi connectivity index (χ2v) is 14.9. The van der Waals surface area contributed by atoms with Crippen LogP contribution >= 0.6 is 0 Å². The summed E-state index contributed by atoms with van der Waals surface area (Å²) in [6.07, 6.45) is 6.25. The summed E-state index contributed by atoms with van der Waals surface area (Å²) in [5.41, 5.74) is 2.31. The number of para-hydroxylation sites is 1. The lowest BCUT2D eigenvalue weighted by atomic mass is 9.82. The second-order valence-electron chi connectivity index (χ2n) is 13.2. The molecular weight excluding hydrogens is 605 g/mol. The molecule has 47 heavy (non-hydrogen) atoms. The maximum atomic E-state index is 13.2. The molecular formula is C38H44N6O2S. The molecule has 9 heteroatoms. The van der Waals surface area contributed by atoms with Gasteiger partial charge in [-0.1, -0.05) is 78.9 Å². The average Bonchev–Trinajstić information content (AvgIpc) is 3.11. The van der Waals surface area contributed by atoms with Gasteiger partial charge in [0.05, 0.1) is 10.4 Å². The third-order valence-electron chi connectivity index (χ3n) is 9.90. The minimum atomic E-state index is -3.58. The molecule has 0 unspecified atom stereocenters. The van der Waals surface area contributed by atoms with E-state index in [2.05, 4.69) is 62.7 Å². The largest absolute Gasteiger partial charge is 0.367 e. The molecule has 3 N–H and O–H groups in total. The Labute approximate surface area is 278 Å². The first-order valence-electron chi connectivity index (χ1n) is 17.0. The van der Waals surface area contributed by atoms with Crippen molar-refractivity contribution in [1.29, 1.82) is 0 Å². The van der Waals surface area contributed by atoms with Crippen molar-refractivity contribution in [2.45, 2.75) is 56.0 Å². The topological polar surface area (TPSA) is 99.2 Å². The van der Waals surface area contributed by atoms with Gasteiger partial charge in [0, 0.05) is 49.5 Å². The minimum absolute atomic E-state index is 0.336. The Morgan fingerprint density at radius 2 is 1.34 bits per heavy atom.